The van der Waals surface area contributed by atoms with Crippen LogP contribution in [0.2, 0.25) is 5.02 Å². The molecule has 114 valence electrons. The molecule has 0 saturated carbocycles. The van der Waals surface area contributed by atoms with Gasteiger partial charge in [-0.2, -0.15) is 5.10 Å². The first kappa shape index (κ1) is 16.0. The number of hydrogen-bond donors (Lipinski definition) is 1. The molecule has 1 aromatic heterocycles. The second-order valence-corrected chi connectivity index (χ2v) is 5.66. The van der Waals surface area contributed by atoms with Gasteiger partial charge in [-0.25, -0.2) is 4.39 Å². The van der Waals surface area contributed by atoms with E-state index < -0.39 is 0 Å². The summed E-state index contributed by atoms with van der Waals surface area (Å²) < 4.78 is 15.1. The zero-order chi connectivity index (χ0) is 15.6. The molecule has 1 unspecified atom stereocenters. The first-order chi connectivity index (χ1) is 9.93. The van der Waals surface area contributed by atoms with Gasteiger partial charge in [0.1, 0.15) is 5.82 Å². The molecule has 5 heteroatoms. The number of aromatic nitrogens is 2. The van der Waals surface area contributed by atoms with Crippen LogP contribution in [-0.4, -0.2) is 16.3 Å². The Morgan fingerprint density at radius 3 is 2.62 bits per heavy atom. The van der Waals surface area contributed by atoms with E-state index in [0.29, 0.717) is 5.02 Å². The van der Waals surface area contributed by atoms with Crippen LogP contribution in [0.15, 0.2) is 18.2 Å². The second kappa shape index (κ2) is 6.58. The summed E-state index contributed by atoms with van der Waals surface area (Å²) in [5, 5.41) is 8.51. The summed E-state index contributed by atoms with van der Waals surface area (Å²) in [5.41, 5.74) is 3.85. The van der Waals surface area contributed by atoms with E-state index in [4.69, 9.17) is 11.6 Å². The molecule has 21 heavy (non-hydrogen) atoms. The molecular formula is C16H21ClFN3. The highest BCUT2D eigenvalue weighted by atomic mass is 35.5. The maximum atomic E-state index is 13.3. The number of rotatable bonds is 5. The van der Waals surface area contributed by atoms with E-state index in [9.17, 15) is 4.39 Å². The second-order valence-electron chi connectivity index (χ2n) is 5.28. The van der Waals surface area contributed by atoms with Crippen molar-refractivity contribution < 1.29 is 4.39 Å². The summed E-state index contributed by atoms with van der Waals surface area (Å²) in [4.78, 5) is 0. The Bertz CT molecular complexity index is 637. The average molecular weight is 310 g/mol. The molecule has 2 aromatic rings. The maximum absolute atomic E-state index is 13.3. The molecule has 0 aliphatic carbocycles. The fourth-order valence-corrected chi connectivity index (χ4v) is 2.90. The van der Waals surface area contributed by atoms with Crippen molar-refractivity contribution in [3.63, 3.8) is 0 Å². The monoisotopic (exact) mass is 309 g/mol. The molecule has 1 atom stereocenters. The quantitative estimate of drug-likeness (QED) is 0.912. The van der Waals surface area contributed by atoms with Crippen molar-refractivity contribution in [2.45, 2.75) is 33.2 Å². The molecule has 0 spiro atoms. The molecule has 0 bridgehead atoms. The highest BCUT2D eigenvalue weighted by Crippen LogP contribution is 2.27. The van der Waals surface area contributed by atoms with E-state index in [2.05, 4.69) is 17.3 Å². The Morgan fingerprint density at radius 2 is 2.10 bits per heavy atom. The van der Waals surface area contributed by atoms with Gasteiger partial charge in [0.15, 0.2) is 0 Å². The molecule has 0 aliphatic rings. The van der Waals surface area contributed by atoms with Gasteiger partial charge < -0.3 is 5.32 Å². The van der Waals surface area contributed by atoms with Crippen LogP contribution in [0.4, 0.5) is 4.39 Å². The first-order valence-corrected chi connectivity index (χ1v) is 7.49. The molecule has 0 amide bonds. The summed E-state index contributed by atoms with van der Waals surface area (Å²) in [7, 11) is 1.90. The van der Waals surface area contributed by atoms with E-state index in [1.165, 1.54) is 6.07 Å². The Hall–Kier alpha value is -1.39. The van der Waals surface area contributed by atoms with Gasteiger partial charge in [0.05, 0.1) is 16.4 Å². The molecule has 0 fully saturated rings. The number of aryl methyl sites for hydroxylation is 3. The zero-order valence-corrected chi connectivity index (χ0v) is 13.6. The van der Waals surface area contributed by atoms with Gasteiger partial charge in [-0.15, -0.1) is 0 Å². The highest BCUT2D eigenvalue weighted by Gasteiger charge is 2.19. The van der Waals surface area contributed by atoms with Crippen molar-refractivity contribution in [1.29, 1.82) is 0 Å². The molecule has 0 aliphatic heterocycles. The van der Waals surface area contributed by atoms with Crippen molar-refractivity contribution in [2.24, 2.45) is 7.05 Å². The fraction of sp³-hybridized carbons (Fsp3) is 0.438. The molecule has 3 nitrogen and oxygen atoms in total. The van der Waals surface area contributed by atoms with E-state index in [1.807, 2.05) is 31.6 Å². The predicted octanol–water partition coefficient (Wildman–Crippen LogP) is 3.72. The minimum absolute atomic E-state index is 0.0860. The van der Waals surface area contributed by atoms with E-state index >= 15 is 0 Å². The summed E-state index contributed by atoms with van der Waals surface area (Å²) in [5.74, 6) is -0.207. The maximum Gasteiger partial charge on any atom is 0.123 e. The summed E-state index contributed by atoms with van der Waals surface area (Å²) in [6.07, 6.45) is 0.719. The molecule has 0 radical (unpaired) electrons. The molecule has 1 heterocycles. The summed E-state index contributed by atoms with van der Waals surface area (Å²) in [6.45, 7) is 6.72. The van der Waals surface area contributed by atoms with Gasteiger partial charge in [0.2, 0.25) is 0 Å². The molecule has 2 rings (SSSR count). The fourth-order valence-electron chi connectivity index (χ4n) is 2.66. The number of halogens is 2. The largest absolute Gasteiger partial charge is 0.310 e. The summed E-state index contributed by atoms with van der Waals surface area (Å²) in [6, 6.07) is 5.00. The van der Waals surface area contributed by atoms with Crippen LogP contribution in [0.5, 0.6) is 0 Å². The molecule has 0 saturated heterocycles. The topological polar surface area (TPSA) is 29.9 Å². The average Bonchev–Trinajstić information content (AvgIpc) is 2.65. The Balaban J connectivity index is 2.35. The zero-order valence-electron chi connectivity index (χ0n) is 12.9. The van der Waals surface area contributed by atoms with Crippen LogP contribution in [0.3, 0.4) is 0 Å². The number of nitrogens with zero attached hydrogens (tertiary/aromatic N) is 2. The van der Waals surface area contributed by atoms with Crippen molar-refractivity contribution in [2.75, 3.05) is 6.54 Å². The van der Waals surface area contributed by atoms with Crippen LogP contribution < -0.4 is 5.32 Å². The lowest BCUT2D eigenvalue weighted by Gasteiger charge is -2.21. The van der Waals surface area contributed by atoms with E-state index in [0.717, 1.165) is 35.5 Å². The van der Waals surface area contributed by atoms with Crippen LogP contribution in [0.25, 0.3) is 0 Å². The van der Waals surface area contributed by atoms with Crippen LogP contribution in [0, 0.1) is 19.7 Å². The van der Waals surface area contributed by atoms with Gasteiger partial charge >= 0.3 is 0 Å². The van der Waals surface area contributed by atoms with E-state index in [1.54, 1.807) is 6.07 Å². The molecule has 1 N–H and O–H groups in total. The molecule has 1 aromatic carbocycles. The number of hydrogen-bond acceptors (Lipinski definition) is 2. The van der Waals surface area contributed by atoms with Crippen LogP contribution in [0.1, 0.15) is 35.5 Å². The number of nitrogens with one attached hydrogen (secondary N) is 1. The standard InChI is InChI=1S/C16H21ClFN3/c1-5-19-14(13-7-6-12(18)8-10(13)2)9-15-16(17)11(3)20-21(15)4/h6-8,14,19H,5,9H2,1-4H3. The van der Waals surface area contributed by atoms with Crippen molar-refractivity contribution in [1.82, 2.24) is 15.1 Å². The van der Waals surface area contributed by atoms with Crippen molar-refractivity contribution in [3.05, 3.63) is 51.6 Å². The highest BCUT2D eigenvalue weighted by molar-refractivity contribution is 6.31. The SMILES string of the molecule is CCNC(Cc1c(Cl)c(C)nn1C)c1ccc(F)cc1C. The lowest BCUT2D eigenvalue weighted by atomic mass is 9.97. The smallest absolute Gasteiger partial charge is 0.123 e. The first-order valence-electron chi connectivity index (χ1n) is 7.11. The van der Waals surface area contributed by atoms with Crippen molar-refractivity contribution >= 4 is 11.6 Å². The minimum Gasteiger partial charge on any atom is -0.310 e. The lowest BCUT2D eigenvalue weighted by molar-refractivity contribution is 0.525. The third kappa shape index (κ3) is 3.44. The van der Waals surface area contributed by atoms with Crippen LogP contribution in [-0.2, 0) is 13.5 Å². The van der Waals surface area contributed by atoms with Gasteiger partial charge in [0, 0.05) is 19.5 Å². The van der Waals surface area contributed by atoms with Crippen LogP contribution >= 0.6 is 11.6 Å². The van der Waals surface area contributed by atoms with Gasteiger partial charge in [0.25, 0.3) is 0 Å². The Morgan fingerprint density at radius 1 is 1.38 bits per heavy atom. The number of likely N-dealkylation sites (N-methyl/N-ethyl adjacent to an activating group) is 1. The predicted molar refractivity (Wildman–Crippen MR) is 84.2 cm³/mol. The van der Waals surface area contributed by atoms with E-state index in [-0.39, 0.29) is 11.9 Å². The van der Waals surface area contributed by atoms with Crippen molar-refractivity contribution in [3.8, 4) is 0 Å². The summed E-state index contributed by atoms with van der Waals surface area (Å²) >= 11 is 6.34. The van der Waals surface area contributed by atoms with Gasteiger partial charge in [-0.05, 0) is 43.7 Å². The molecular weight excluding hydrogens is 289 g/mol. The number of benzene rings is 1. The normalized spacial score (nSPS) is 12.7. The minimum atomic E-state index is -0.207. The lowest BCUT2D eigenvalue weighted by Crippen LogP contribution is -2.24. The Labute approximate surface area is 130 Å². The third-order valence-electron chi connectivity index (χ3n) is 3.72. The van der Waals surface area contributed by atoms with Gasteiger partial charge in [-0.1, -0.05) is 24.6 Å². The van der Waals surface area contributed by atoms with Gasteiger partial charge in [-0.3, -0.25) is 4.68 Å². The third-order valence-corrected chi connectivity index (χ3v) is 4.21. The Kier molecular flexibility index (Phi) is 5.01.